The molecular formula is C21H32N2O2S. The fourth-order valence-corrected chi connectivity index (χ4v) is 5.26. The van der Waals surface area contributed by atoms with Gasteiger partial charge in [-0.05, 0) is 50.2 Å². The Morgan fingerprint density at radius 3 is 2.46 bits per heavy atom. The number of thiophene rings is 1. The predicted molar refractivity (Wildman–Crippen MR) is 108 cm³/mol. The largest absolute Gasteiger partial charge is 0.335 e. The van der Waals surface area contributed by atoms with Gasteiger partial charge in [0, 0.05) is 18.0 Å². The van der Waals surface area contributed by atoms with E-state index in [1.54, 1.807) is 0 Å². The van der Waals surface area contributed by atoms with Crippen molar-refractivity contribution in [2.45, 2.75) is 78.7 Å². The number of likely N-dealkylation sites (tertiary alicyclic amines) is 1. The van der Waals surface area contributed by atoms with Crippen LogP contribution in [0.5, 0.6) is 0 Å². The topological polar surface area (TPSA) is 49.4 Å². The second-order valence-electron chi connectivity index (χ2n) is 8.93. The third-order valence-electron chi connectivity index (χ3n) is 5.78. The molecule has 0 spiro atoms. The van der Waals surface area contributed by atoms with Crippen molar-refractivity contribution in [3.8, 4) is 0 Å². The van der Waals surface area contributed by atoms with E-state index in [2.05, 4.69) is 10.2 Å². The lowest BCUT2D eigenvalue weighted by Gasteiger charge is -2.34. The van der Waals surface area contributed by atoms with Crippen LogP contribution < -0.4 is 5.32 Å². The molecule has 0 aromatic carbocycles. The summed E-state index contributed by atoms with van der Waals surface area (Å²) in [5.41, 5.74) is 0.529. The van der Waals surface area contributed by atoms with Crippen LogP contribution in [0.1, 0.15) is 81.0 Å². The van der Waals surface area contributed by atoms with Gasteiger partial charge in [-0.2, -0.15) is 0 Å². The van der Waals surface area contributed by atoms with Crippen LogP contribution in [0.2, 0.25) is 0 Å². The zero-order chi connectivity index (χ0) is 18.9. The summed E-state index contributed by atoms with van der Waals surface area (Å²) in [4.78, 5) is 28.4. The molecule has 1 aliphatic heterocycles. The van der Waals surface area contributed by atoms with Crippen LogP contribution in [0.25, 0.3) is 0 Å². The first-order valence-electron chi connectivity index (χ1n) is 10.00. The molecule has 2 aliphatic rings. The molecule has 3 rings (SSSR count). The Balaban J connectivity index is 1.74. The highest BCUT2D eigenvalue weighted by molar-refractivity contribution is 7.18. The van der Waals surface area contributed by atoms with Gasteiger partial charge in [0.15, 0.2) is 0 Å². The number of amides is 2. The number of hydrogen-bond donors (Lipinski definition) is 1. The van der Waals surface area contributed by atoms with Crippen molar-refractivity contribution < 1.29 is 9.59 Å². The molecule has 5 heteroatoms. The van der Waals surface area contributed by atoms with Crippen LogP contribution in [0.3, 0.4) is 0 Å². The van der Waals surface area contributed by atoms with Crippen LogP contribution in [0, 0.1) is 18.3 Å². The minimum Gasteiger partial charge on any atom is -0.335 e. The smallest absolute Gasteiger partial charge is 0.264 e. The number of hydrogen-bond acceptors (Lipinski definition) is 3. The SMILES string of the molecule is Cc1cc(NC(=O)C(C)(C)C)sc1C(=O)N1CCC[C@@H]1C1CCCCC1. The van der Waals surface area contributed by atoms with E-state index in [0.29, 0.717) is 12.0 Å². The van der Waals surface area contributed by atoms with Gasteiger partial charge < -0.3 is 10.2 Å². The highest BCUT2D eigenvalue weighted by atomic mass is 32.1. The van der Waals surface area contributed by atoms with E-state index in [1.807, 2.05) is 33.8 Å². The molecule has 0 unspecified atom stereocenters. The molecule has 0 radical (unpaired) electrons. The van der Waals surface area contributed by atoms with Crippen LogP contribution in [-0.4, -0.2) is 29.3 Å². The quantitative estimate of drug-likeness (QED) is 0.785. The number of carbonyl (C=O) groups excluding carboxylic acids is 2. The van der Waals surface area contributed by atoms with Gasteiger partial charge in [0.25, 0.3) is 5.91 Å². The van der Waals surface area contributed by atoms with Crippen molar-refractivity contribution in [3.63, 3.8) is 0 Å². The maximum absolute atomic E-state index is 13.2. The number of nitrogens with zero attached hydrogens (tertiary/aromatic N) is 1. The van der Waals surface area contributed by atoms with Crippen molar-refractivity contribution in [2.24, 2.45) is 11.3 Å². The first kappa shape index (κ1) is 19.4. The van der Waals surface area contributed by atoms with Crippen molar-refractivity contribution in [2.75, 3.05) is 11.9 Å². The molecule has 1 aromatic heterocycles. The average molecular weight is 377 g/mol. The van der Waals surface area contributed by atoms with Gasteiger partial charge in [-0.3, -0.25) is 9.59 Å². The Hall–Kier alpha value is -1.36. The van der Waals surface area contributed by atoms with Crippen molar-refractivity contribution in [1.29, 1.82) is 0 Å². The lowest BCUT2D eigenvalue weighted by atomic mass is 9.83. The fourth-order valence-electron chi connectivity index (χ4n) is 4.24. The second kappa shape index (κ2) is 7.71. The molecule has 4 nitrogen and oxygen atoms in total. The highest BCUT2D eigenvalue weighted by Crippen LogP contribution is 2.37. The number of aryl methyl sites for hydroxylation is 1. The third-order valence-corrected chi connectivity index (χ3v) is 6.92. The molecule has 2 amide bonds. The standard InChI is InChI=1S/C21H32N2O2S/c1-14-13-17(22-20(25)21(2,3)4)26-18(14)19(24)23-12-8-11-16(23)15-9-6-5-7-10-15/h13,15-16H,5-12H2,1-4H3,(H,22,25)/t16-/m1/s1. The van der Waals surface area contributed by atoms with Gasteiger partial charge in [0.2, 0.25) is 5.91 Å². The van der Waals surface area contributed by atoms with Gasteiger partial charge >= 0.3 is 0 Å². The number of nitrogens with one attached hydrogen (secondary N) is 1. The van der Waals surface area contributed by atoms with E-state index >= 15 is 0 Å². The van der Waals surface area contributed by atoms with E-state index in [-0.39, 0.29) is 11.8 Å². The first-order chi connectivity index (χ1) is 12.3. The summed E-state index contributed by atoms with van der Waals surface area (Å²) in [7, 11) is 0. The molecule has 2 fully saturated rings. The Kier molecular flexibility index (Phi) is 5.75. The number of anilines is 1. The molecule has 1 atom stereocenters. The molecule has 1 aromatic rings. The summed E-state index contributed by atoms with van der Waals surface area (Å²) in [5.74, 6) is 0.825. The third kappa shape index (κ3) is 4.13. The molecule has 144 valence electrons. The molecule has 0 bridgehead atoms. The van der Waals surface area contributed by atoms with Crippen LogP contribution >= 0.6 is 11.3 Å². The maximum atomic E-state index is 13.2. The summed E-state index contributed by atoms with van der Waals surface area (Å²) in [5, 5.41) is 3.75. The number of carbonyl (C=O) groups is 2. The Bertz CT molecular complexity index is 668. The summed E-state index contributed by atoms with van der Waals surface area (Å²) >= 11 is 1.42. The Morgan fingerprint density at radius 2 is 1.81 bits per heavy atom. The zero-order valence-corrected chi connectivity index (χ0v) is 17.4. The van der Waals surface area contributed by atoms with E-state index in [4.69, 9.17) is 0 Å². The average Bonchev–Trinajstić information content (AvgIpc) is 3.21. The lowest BCUT2D eigenvalue weighted by Crippen LogP contribution is -2.40. The van der Waals surface area contributed by atoms with E-state index < -0.39 is 5.41 Å². The van der Waals surface area contributed by atoms with Crippen molar-refractivity contribution >= 4 is 28.2 Å². The van der Waals surface area contributed by atoms with Crippen LogP contribution in [-0.2, 0) is 4.79 Å². The van der Waals surface area contributed by atoms with Gasteiger partial charge in [-0.25, -0.2) is 0 Å². The van der Waals surface area contributed by atoms with E-state index in [9.17, 15) is 9.59 Å². The van der Waals surface area contributed by atoms with Gasteiger partial charge in [0.1, 0.15) is 0 Å². The van der Waals surface area contributed by atoms with Crippen LogP contribution in [0.15, 0.2) is 6.07 Å². The van der Waals surface area contributed by atoms with E-state index in [0.717, 1.165) is 34.8 Å². The Morgan fingerprint density at radius 1 is 1.12 bits per heavy atom. The van der Waals surface area contributed by atoms with E-state index in [1.165, 1.54) is 43.4 Å². The first-order valence-corrected chi connectivity index (χ1v) is 10.8. The number of rotatable bonds is 3. The molecular weight excluding hydrogens is 344 g/mol. The minimum absolute atomic E-state index is 0.0148. The minimum atomic E-state index is -0.441. The summed E-state index contributed by atoms with van der Waals surface area (Å²) in [6.07, 6.45) is 8.77. The van der Waals surface area contributed by atoms with Crippen LogP contribution in [0.4, 0.5) is 5.00 Å². The fraction of sp³-hybridized carbons (Fsp3) is 0.714. The van der Waals surface area contributed by atoms with Crippen molar-refractivity contribution in [3.05, 3.63) is 16.5 Å². The molecule has 1 N–H and O–H groups in total. The van der Waals surface area contributed by atoms with Crippen molar-refractivity contribution in [1.82, 2.24) is 4.90 Å². The second-order valence-corrected chi connectivity index (χ2v) is 9.99. The monoisotopic (exact) mass is 376 g/mol. The van der Waals surface area contributed by atoms with Gasteiger partial charge in [-0.15, -0.1) is 11.3 Å². The molecule has 2 heterocycles. The Labute approximate surface area is 161 Å². The molecule has 1 saturated heterocycles. The maximum Gasteiger partial charge on any atom is 0.264 e. The lowest BCUT2D eigenvalue weighted by molar-refractivity contribution is -0.123. The summed E-state index contributed by atoms with van der Waals surface area (Å²) < 4.78 is 0. The highest BCUT2D eigenvalue weighted by Gasteiger charge is 2.36. The normalized spacial score (nSPS) is 21.8. The predicted octanol–water partition coefficient (Wildman–Crippen LogP) is 5.23. The molecule has 1 aliphatic carbocycles. The van der Waals surface area contributed by atoms with Gasteiger partial charge in [-0.1, -0.05) is 40.0 Å². The van der Waals surface area contributed by atoms with Gasteiger partial charge in [0.05, 0.1) is 9.88 Å². The summed E-state index contributed by atoms with van der Waals surface area (Å²) in [6.45, 7) is 8.54. The molecule has 1 saturated carbocycles. The zero-order valence-electron chi connectivity index (χ0n) is 16.6. The summed E-state index contributed by atoms with van der Waals surface area (Å²) in [6, 6.07) is 2.35. The molecule has 26 heavy (non-hydrogen) atoms.